The van der Waals surface area contributed by atoms with Crippen molar-refractivity contribution in [2.45, 2.75) is 32.3 Å². The molecule has 1 amide bonds. The lowest BCUT2D eigenvalue weighted by molar-refractivity contribution is -0.137. The molecule has 2 unspecified atom stereocenters. The van der Waals surface area contributed by atoms with Crippen LogP contribution in [0.25, 0.3) is 0 Å². The van der Waals surface area contributed by atoms with E-state index < -0.39 is 17.2 Å². The van der Waals surface area contributed by atoms with Gasteiger partial charge in [-0.3, -0.25) is 4.79 Å². The number of hydrogen-bond acceptors (Lipinski definition) is 2. The third-order valence-corrected chi connectivity index (χ3v) is 4.58. The lowest BCUT2D eigenvalue weighted by Gasteiger charge is -2.41. The average molecular weight is 318 g/mol. The van der Waals surface area contributed by atoms with Gasteiger partial charge in [0.15, 0.2) is 11.6 Å². The van der Waals surface area contributed by atoms with Crippen molar-refractivity contribution in [3.63, 3.8) is 0 Å². The van der Waals surface area contributed by atoms with E-state index in [-0.39, 0.29) is 28.8 Å². The Morgan fingerprint density at radius 2 is 2.10 bits per heavy atom. The molecule has 0 saturated carbocycles. The Hall–Kier alpha value is -1.20. The van der Waals surface area contributed by atoms with Crippen molar-refractivity contribution in [2.24, 2.45) is 5.92 Å². The summed E-state index contributed by atoms with van der Waals surface area (Å²) in [5.74, 6) is -2.29. The van der Waals surface area contributed by atoms with Gasteiger partial charge in [0.05, 0.1) is 12.0 Å². The molecule has 3 nitrogen and oxygen atoms in total. The number of amides is 1. The number of rotatable bonds is 2. The molecule has 1 heterocycles. The number of likely N-dealkylation sites (tertiary alicyclic amines) is 1. The highest BCUT2D eigenvalue weighted by atomic mass is 35.5. The minimum atomic E-state index is -1.03. The Morgan fingerprint density at radius 1 is 1.48 bits per heavy atom. The first-order chi connectivity index (χ1) is 9.70. The molecule has 0 aromatic heterocycles. The van der Waals surface area contributed by atoms with Crippen LogP contribution in [0.1, 0.15) is 25.8 Å². The van der Waals surface area contributed by atoms with Gasteiger partial charge in [-0.25, -0.2) is 8.78 Å². The summed E-state index contributed by atoms with van der Waals surface area (Å²) in [6, 6.07) is 1.84. The lowest BCUT2D eigenvalue weighted by Crippen LogP contribution is -2.51. The molecule has 0 bridgehead atoms. The fourth-order valence-electron chi connectivity index (χ4n) is 2.43. The van der Waals surface area contributed by atoms with Gasteiger partial charge in [-0.1, -0.05) is 18.5 Å². The Bertz CT molecular complexity index is 563. The molecule has 1 N–H and O–H groups in total. The molecular weight excluding hydrogens is 300 g/mol. The number of piperidine rings is 1. The fourth-order valence-corrected chi connectivity index (χ4v) is 2.64. The maximum atomic E-state index is 13.2. The zero-order chi connectivity index (χ0) is 15.8. The maximum Gasteiger partial charge on any atom is 0.227 e. The van der Waals surface area contributed by atoms with Gasteiger partial charge < -0.3 is 10.0 Å². The van der Waals surface area contributed by atoms with E-state index in [1.165, 1.54) is 0 Å². The van der Waals surface area contributed by atoms with Crippen LogP contribution in [0.2, 0.25) is 5.02 Å². The molecule has 0 radical (unpaired) electrons. The highest BCUT2D eigenvalue weighted by Crippen LogP contribution is 2.28. The molecule has 1 aliphatic heterocycles. The van der Waals surface area contributed by atoms with Gasteiger partial charge in [-0.05, 0) is 31.0 Å². The fraction of sp³-hybridized carbons (Fsp3) is 0.533. The molecule has 1 fully saturated rings. The number of hydrogen-bond donors (Lipinski definition) is 1. The molecule has 1 aromatic carbocycles. The van der Waals surface area contributed by atoms with Gasteiger partial charge in [-0.15, -0.1) is 0 Å². The summed E-state index contributed by atoms with van der Waals surface area (Å²) in [5, 5.41) is 10.1. The van der Waals surface area contributed by atoms with E-state index in [0.29, 0.717) is 19.5 Å². The Labute approximate surface area is 127 Å². The van der Waals surface area contributed by atoms with E-state index >= 15 is 0 Å². The van der Waals surface area contributed by atoms with E-state index in [9.17, 15) is 18.7 Å². The van der Waals surface area contributed by atoms with Crippen LogP contribution in [-0.2, 0) is 11.2 Å². The first-order valence-corrected chi connectivity index (χ1v) is 7.22. The molecule has 0 aliphatic carbocycles. The standard InChI is InChI=1S/C15H18ClF2NO2/c1-9-8-19(4-3-15(9,2)21)14(20)6-10-5-12(17)13(18)7-11(10)16/h5,7,9,21H,3-4,6,8H2,1-2H3. The summed E-state index contributed by atoms with van der Waals surface area (Å²) in [6.07, 6.45) is 0.413. The van der Waals surface area contributed by atoms with Crippen LogP contribution < -0.4 is 0 Å². The number of carbonyl (C=O) groups excluding carboxylic acids is 1. The van der Waals surface area contributed by atoms with Crippen molar-refractivity contribution in [2.75, 3.05) is 13.1 Å². The summed E-state index contributed by atoms with van der Waals surface area (Å²) in [4.78, 5) is 13.9. The largest absolute Gasteiger partial charge is 0.390 e. The second-order valence-corrected chi connectivity index (χ2v) is 6.29. The van der Waals surface area contributed by atoms with Crippen molar-refractivity contribution >= 4 is 17.5 Å². The van der Waals surface area contributed by atoms with Crippen molar-refractivity contribution in [1.29, 1.82) is 0 Å². The van der Waals surface area contributed by atoms with Crippen LogP contribution in [0.5, 0.6) is 0 Å². The number of benzene rings is 1. The van der Waals surface area contributed by atoms with Crippen molar-refractivity contribution in [3.8, 4) is 0 Å². The summed E-state index contributed by atoms with van der Waals surface area (Å²) >= 11 is 5.84. The highest BCUT2D eigenvalue weighted by Gasteiger charge is 2.36. The van der Waals surface area contributed by atoms with E-state index in [1.807, 2.05) is 6.92 Å². The van der Waals surface area contributed by atoms with Crippen molar-refractivity contribution in [3.05, 3.63) is 34.4 Å². The maximum absolute atomic E-state index is 13.2. The normalized spacial score (nSPS) is 26.0. The van der Waals surface area contributed by atoms with Gasteiger partial charge in [0, 0.05) is 24.0 Å². The first-order valence-electron chi connectivity index (χ1n) is 6.84. The number of carbonyl (C=O) groups is 1. The van der Waals surface area contributed by atoms with Gasteiger partial charge in [0.2, 0.25) is 5.91 Å². The molecule has 1 saturated heterocycles. The molecule has 116 valence electrons. The van der Waals surface area contributed by atoms with Gasteiger partial charge in [0.1, 0.15) is 0 Å². The van der Waals surface area contributed by atoms with Gasteiger partial charge >= 0.3 is 0 Å². The molecule has 2 atom stereocenters. The van der Waals surface area contributed by atoms with E-state index in [4.69, 9.17) is 11.6 Å². The molecule has 0 spiro atoms. The Morgan fingerprint density at radius 3 is 2.71 bits per heavy atom. The lowest BCUT2D eigenvalue weighted by atomic mass is 9.84. The van der Waals surface area contributed by atoms with E-state index in [2.05, 4.69) is 0 Å². The van der Waals surface area contributed by atoms with Crippen LogP contribution >= 0.6 is 11.6 Å². The smallest absolute Gasteiger partial charge is 0.227 e. The van der Waals surface area contributed by atoms with Crippen molar-refractivity contribution < 1.29 is 18.7 Å². The van der Waals surface area contributed by atoms with Crippen LogP contribution in [0, 0.1) is 17.6 Å². The van der Waals surface area contributed by atoms with Crippen LogP contribution in [0.15, 0.2) is 12.1 Å². The third kappa shape index (κ3) is 3.52. The van der Waals surface area contributed by atoms with Crippen molar-refractivity contribution in [1.82, 2.24) is 4.90 Å². The zero-order valence-corrected chi connectivity index (χ0v) is 12.8. The van der Waals surface area contributed by atoms with Gasteiger partial charge in [0.25, 0.3) is 0 Å². The van der Waals surface area contributed by atoms with Crippen LogP contribution in [0.4, 0.5) is 8.78 Å². The summed E-state index contributed by atoms with van der Waals surface area (Å²) in [7, 11) is 0. The predicted molar refractivity (Wildman–Crippen MR) is 76.1 cm³/mol. The number of nitrogens with zero attached hydrogens (tertiary/aromatic N) is 1. The molecule has 1 aliphatic rings. The second-order valence-electron chi connectivity index (χ2n) is 5.88. The number of aliphatic hydroxyl groups is 1. The zero-order valence-electron chi connectivity index (χ0n) is 12.0. The van der Waals surface area contributed by atoms with Crippen LogP contribution in [-0.4, -0.2) is 34.6 Å². The SMILES string of the molecule is CC1CN(C(=O)Cc2cc(F)c(F)cc2Cl)CCC1(C)O. The summed E-state index contributed by atoms with van der Waals surface area (Å²) < 4.78 is 26.2. The second kappa shape index (κ2) is 5.89. The van der Waals surface area contributed by atoms with E-state index in [1.54, 1.807) is 11.8 Å². The minimum absolute atomic E-state index is 0.0410. The molecule has 2 rings (SSSR count). The average Bonchev–Trinajstić information content (AvgIpc) is 2.39. The topological polar surface area (TPSA) is 40.5 Å². The Kier molecular flexibility index (Phi) is 4.54. The van der Waals surface area contributed by atoms with Gasteiger partial charge in [-0.2, -0.15) is 0 Å². The third-order valence-electron chi connectivity index (χ3n) is 4.23. The highest BCUT2D eigenvalue weighted by molar-refractivity contribution is 6.31. The summed E-state index contributed by atoms with van der Waals surface area (Å²) in [5.41, 5.74) is -0.512. The first kappa shape index (κ1) is 16.2. The Balaban J connectivity index is 2.07. The molecular formula is C15H18ClF2NO2. The molecule has 1 aromatic rings. The summed E-state index contributed by atoms with van der Waals surface area (Å²) in [6.45, 7) is 4.51. The van der Waals surface area contributed by atoms with E-state index in [0.717, 1.165) is 12.1 Å². The monoisotopic (exact) mass is 317 g/mol. The molecule has 21 heavy (non-hydrogen) atoms. The quantitative estimate of drug-likeness (QED) is 0.852. The number of halogens is 3. The van der Waals surface area contributed by atoms with Crippen LogP contribution in [0.3, 0.4) is 0 Å². The molecule has 6 heteroatoms. The predicted octanol–water partition coefficient (Wildman–Crippen LogP) is 2.78. The minimum Gasteiger partial charge on any atom is -0.390 e.